The Labute approximate surface area is 145 Å². The fourth-order valence-electron chi connectivity index (χ4n) is 2.48. The number of hydrogen-bond donors (Lipinski definition) is 1. The Balaban J connectivity index is 2.04. The van der Waals surface area contributed by atoms with Crippen molar-refractivity contribution in [2.75, 3.05) is 6.54 Å². The molecular formula is C17H15Br2NS. The van der Waals surface area contributed by atoms with E-state index in [0.29, 0.717) is 0 Å². The molecule has 4 heteroatoms. The predicted octanol–water partition coefficient (Wildman–Crippen LogP) is 6.13. The van der Waals surface area contributed by atoms with E-state index in [9.17, 15) is 0 Å². The molecule has 1 aromatic heterocycles. The van der Waals surface area contributed by atoms with E-state index in [2.05, 4.69) is 92.6 Å². The zero-order valence-electron chi connectivity index (χ0n) is 11.6. The quantitative estimate of drug-likeness (QED) is 0.531. The van der Waals surface area contributed by atoms with Gasteiger partial charge in [-0.1, -0.05) is 41.1 Å². The van der Waals surface area contributed by atoms with Crippen LogP contribution in [0.1, 0.15) is 23.4 Å². The maximum absolute atomic E-state index is 3.58. The van der Waals surface area contributed by atoms with Crippen molar-refractivity contribution >= 4 is 54.0 Å². The number of nitrogens with one attached hydrogen (secondary N) is 1. The molecule has 3 rings (SSSR count). The van der Waals surface area contributed by atoms with E-state index in [1.165, 1.54) is 25.0 Å². The molecule has 0 saturated carbocycles. The second-order valence-electron chi connectivity index (χ2n) is 4.88. The van der Waals surface area contributed by atoms with Crippen LogP contribution in [-0.2, 0) is 0 Å². The van der Waals surface area contributed by atoms with E-state index in [-0.39, 0.29) is 6.04 Å². The number of benzene rings is 2. The number of thiophene rings is 1. The summed E-state index contributed by atoms with van der Waals surface area (Å²) >= 11 is 8.87. The van der Waals surface area contributed by atoms with Gasteiger partial charge in [-0.2, -0.15) is 0 Å². The average Bonchev–Trinajstić information content (AvgIpc) is 2.90. The maximum atomic E-state index is 3.58. The summed E-state index contributed by atoms with van der Waals surface area (Å²) in [4.78, 5) is 1.33. The Hall–Kier alpha value is -0.680. The summed E-state index contributed by atoms with van der Waals surface area (Å²) in [6, 6.07) is 17.7. The molecule has 1 heterocycles. The first-order chi connectivity index (χ1) is 10.2. The summed E-state index contributed by atoms with van der Waals surface area (Å²) in [6.07, 6.45) is 0. The van der Waals surface area contributed by atoms with E-state index in [4.69, 9.17) is 0 Å². The minimum atomic E-state index is 0.249. The second kappa shape index (κ2) is 6.61. The van der Waals surface area contributed by atoms with Crippen molar-refractivity contribution in [3.63, 3.8) is 0 Å². The SMILES string of the molecule is CCNC(c1ccc2cc(Br)ccc2c1)c1ccc(Br)s1. The summed E-state index contributed by atoms with van der Waals surface area (Å²) in [5.41, 5.74) is 1.31. The Bertz CT molecular complexity index is 766. The van der Waals surface area contributed by atoms with Gasteiger partial charge in [0, 0.05) is 9.35 Å². The van der Waals surface area contributed by atoms with Gasteiger partial charge in [0.05, 0.1) is 9.83 Å². The highest BCUT2D eigenvalue weighted by molar-refractivity contribution is 9.11. The van der Waals surface area contributed by atoms with Gasteiger partial charge < -0.3 is 5.32 Å². The first kappa shape index (κ1) is 15.2. The van der Waals surface area contributed by atoms with Crippen LogP contribution in [0.25, 0.3) is 10.8 Å². The van der Waals surface area contributed by atoms with Gasteiger partial charge in [0.1, 0.15) is 0 Å². The zero-order chi connectivity index (χ0) is 14.8. The molecule has 3 aromatic rings. The topological polar surface area (TPSA) is 12.0 Å². The van der Waals surface area contributed by atoms with Gasteiger partial charge in [0.25, 0.3) is 0 Å². The van der Waals surface area contributed by atoms with E-state index < -0.39 is 0 Å². The molecule has 0 bridgehead atoms. The summed E-state index contributed by atoms with van der Waals surface area (Å²) in [5.74, 6) is 0. The largest absolute Gasteiger partial charge is 0.306 e. The third-order valence-corrected chi connectivity index (χ3v) is 5.63. The Morgan fingerprint density at radius 1 is 1.00 bits per heavy atom. The van der Waals surface area contributed by atoms with Crippen LogP contribution in [0.2, 0.25) is 0 Å². The van der Waals surface area contributed by atoms with Gasteiger partial charge >= 0.3 is 0 Å². The smallest absolute Gasteiger partial charge is 0.0702 e. The average molecular weight is 425 g/mol. The molecule has 0 aliphatic heterocycles. The predicted molar refractivity (Wildman–Crippen MR) is 99.2 cm³/mol. The lowest BCUT2D eigenvalue weighted by Crippen LogP contribution is -2.20. The number of fused-ring (bicyclic) bond motifs is 1. The third-order valence-electron chi connectivity index (χ3n) is 3.45. The molecule has 108 valence electrons. The van der Waals surface area contributed by atoms with Crippen LogP contribution in [0.15, 0.2) is 56.8 Å². The van der Waals surface area contributed by atoms with Gasteiger partial charge in [-0.05, 0) is 69.1 Å². The highest BCUT2D eigenvalue weighted by Gasteiger charge is 2.15. The number of hydrogen-bond acceptors (Lipinski definition) is 2. The van der Waals surface area contributed by atoms with Crippen LogP contribution in [0, 0.1) is 0 Å². The van der Waals surface area contributed by atoms with Crippen molar-refractivity contribution < 1.29 is 0 Å². The van der Waals surface area contributed by atoms with E-state index in [1.807, 2.05) is 0 Å². The van der Waals surface area contributed by atoms with Crippen molar-refractivity contribution in [2.45, 2.75) is 13.0 Å². The molecule has 0 aliphatic carbocycles. The number of halogens is 2. The normalized spacial score (nSPS) is 12.7. The van der Waals surface area contributed by atoms with E-state index in [0.717, 1.165) is 11.0 Å². The Morgan fingerprint density at radius 3 is 2.48 bits per heavy atom. The van der Waals surface area contributed by atoms with Crippen LogP contribution < -0.4 is 5.32 Å². The van der Waals surface area contributed by atoms with Gasteiger partial charge in [0.15, 0.2) is 0 Å². The lowest BCUT2D eigenvalue weighted by atomic mass is 10.0. The number of rotatable bonds is 4. The van der Waals surface area contributed by atoms with Gasteiger partial charge in [0.2, 0.25) is 0 Å². The first-order valence-electron chi connectivity index (χ1n) is 6.85. The molecule has 1 unspecified atom stereocenters. The highest BCUT2D eigenvalue weighted by atomic mass is 79.9. The van der Waals surface area contributed by atoms with Crippen molar-refractivity contribution in [1.82, 2.24) is 5.32 Å². The lowest BCUT2D eigenvalue weighted by molar-refractivity contribution is 0.640. The van der Waals surface area contributed by atoms with Crippen LogP contribution in [0.4, 0.5) is 0 Å². The van der Waals surface area contributed by atoms with Gasteiger partial charge in [-0.25, -0.2) is 0 Å². The molecule has 0 radical (unpaired) electrons. The molecule has 0 aliphatic rings. The molecule has 2 aromatic carbocycles. The van der Waals surface area contributed by atoms with Crippen LogP contribution in [0.3, 0.4) is 0 Å². The van der Waals surface area contributed by atoms with Crippen LogP contribution in [-0.4, -0.2) is 6.54 Å². The van der Waals surface area contributed by atoms with Crippen molar-refractivity contribution in [3.05, 3.63) is 67.2 Å². The van der Waals surface area contributed by atoms with Crippen molar-refractivity contribution in [1.29, 1.82) is 0 Å². The minimum Gasteiger partial charge on any atom is -0.306 e. The summed E-state index contributed by atoms with van der Waals surface area (Å²) in [6.45, 7) is 3.09. The maximum Gasteiger partial charge on any atom is 0.0702 e. The summed E-state index contributed by atoms with van der Waals surface area (Å²) in [7, 11) is 0. The monoisotopic (exact) mass is 423 g/mol. The minimum absolute atomic E-state index is 0.249. The molecular weight excluding hydrogens is 410 g/mol. The van der Waals surface area contributed by atoms with E-state index in [1.54, 1.807) is 11.3 Å². The van der Waals surface area contributed by atoms with Gasteiger partial charge in [-0.15, -0.1) is 11.3 Å². The highest BCUT2D eigenvalue weighted by Crippen LogP contribution is 2.32. The molecule has 1 nitrogen and oxygen atoms in total. The summed E-state index contributed by atoms with van der Waals surface area (Å²) < 4.78 is 2.29. The summed E-state index contributed by atoms with van der Waals surface area (Å²) in [5, 5.41) is 6.12. The van der Waals surface area contributed by atoms with Crippen LogP contribution in [0.5, 0.6) is 0 Å². The molecule has 1 N–H and O–H groups in total. The fourth-order valence-corrected chi connectivity index (χ4v) is 4.39. The van der Waals surface area contributed by atoms with Crippen molar-refractivity contribution in [2.24, 2.45) is 0 Å². The molecule has 0 spiro atoms. The molecule has 0 saturated heterocycles. The fraction of sp³-hybridized carbons (Fsp3) is 0.176. The molecule has 1 atom stereocenters. The molecule has 0 amide bonds. The second-order valence-corrected chi connectivity index (χ2v) is 8.29. The van der Waals surface area contributed by atoms with E-state index >= 15 is 0 Å². The Morgan fingerprint density at radius 2 is 1.76 bits per heavy atom. The van der Waals surface area contributed by atoms with Gasteiger partial charge in [-0.3, -0.25) is 0 Å². The first-order valence-corrected chi connectivity index (χ1v) is 9.25. The zero-order valence-corrected chi connectivity index (χ0v) is 15.6. The van der Waals surface area contributed by atoms with Crippen molar-refractivity contribution in [3.8, 4) is 0 Å². The lowest BCUT2D eigenvalue weighted by Gasteiger charge is -2.17. The molecule has 21 heavy (non-hydrogen) atoms. The molecule has 0 fully saturated rings. The standard InChI is InChI=1S/C17H15Br2NS/c1-2-20-17(15-7-8-16(19)21-15)13-4-3-12-10-14(18)6-5-11(12)9-13/h3-10,17,20H,2H2,1H3. The third kappa shape index (κ3) is 3.39. The van der Waals surface area contributed by atoms with Crippen LogP contribution >= 0.6 is 43.2 Å². The Kier molecular flexibility index (Phi) is 4.79.